The second-order valence-electron chi connectivity index (χ2n) is 1.72. The molecule has 0 aromatic rings. The van der Waals surface area contributed by atoms with Gasteiger partial charge in [-0.15, -0.1) is 0 Å². The first kappa shape index (κ1) is 42.7. The molecule has 0 atom stereocenters. The van der Waals surface area contributed by atoms with Crippen LogP contribution in [0.5, 0.6) is 0 Å². The Hall–Kier alpha value is -2.27. The van der Waals surface area contributed by atoms with Crippen molar-refractivity contribution in [2.24, 2.45) is 0 Å². The maximum absolute atomic E-state index is 8.93. The molecule has 0 spiro atoms. The molecular weight excluding hydrogens is 413 g/mol. The predicted octanol–water partition coefficient (Wildman–Crippen LogP) is -12.2. The summed E-state index contributed by atoms with van der Waals surface area (Å²) in [6.45, 7) is 0. The molecule has 0 rings (SSSR count). The third-order valence-electron chi connectivity index (χ3n) is 0.500. The third kappa shape index (κ3) is 52.4. The average Bonchev–Trinajstić information content (AvgIpc) is 2.18. The topological polar surface area (TPSA) is 304 Å². The number of carboxylic acid groups (broad SMARTS) is 6. The van der Waals surface area contributed by atoms with E-state index >= 15 is 0 Å². The van der Waals surface area contributed by atoms with E-state index in [1.165, 1.54) is 0 Å². The van der Waals surface area contributed by atoms with Gasteiger partial charge in [-0.2, -0.15) is 0 Å². The van der Waals surface area contributed by atoms with E-state index in [9.17, 15) is 0 Å². The third-order valence-corrected chi connectivity index (χ3v) is 0.500. The second-order valence-corrected chi connectivity index (χ2v) is 1.72. The van der Waals surface area contributed by atoms with Gasteiger partial charge < -0.3 is 70.4 Å². The molecule has 2 radical (unpaired) electrons. The fraction of sp³-hybridized carbons (Fsp3) is 0. The van der Waals surface area contributed by atoms with Crippen LogP contribution in [0.2, 0.25) is 0 Å². The summed E-state index contributed by atoms with van der Waals surface area (Å²) >= 11 is 0. The van der Waals surface area contributed by atoms with E-state index in [1.54, 1.807) is 0 Å². The molecule has 0 aromatic heterocycles. The molecule has 0 saturated carbocycles. The summed E-state index contributed by atoms with van der Waals surface area (Å²) in [6.07, 6.45) is 0. The summed E-state index contributed by atoms with van der Waals surface area (Å²) in [6, 6.07) is 0. The Labute approximate surface area is 139 Å². The molecule has 0 amide bonds. The molecule has 4 N–H and O–H groups in total. The minimum Gasteiger partial charge on any atom is -0.543 e. The average molecular weight is 417 g/mol. The number of carbonyl (C=O) groups is 6. The Morgan fingerprint density at radius 2 is 0.409 bits per heavy atom. The van der Waals surface area contributed by atoms with E-state index < -0.39 is 35.8 Å². The van der Waals surface area contributed by atoms with Crippen molar-refractivity contribution in [3.05, 3.63) is 0 Å². The molecular formula is C6H4Ni2O14. The molecule has 0 bridgehead atoms. The summed E-state index contributed by atoms with van der Waals surface area (Å²) in [5.41, 5.74) is 0. The van der Waals surface area contributed by atoms with Crippen molar-refractivity contribution in [3.8, 4) is 0 Å². The van der Waals surface area contributed by atoms with Gasteiger partial charge in [0, 0.05) is 0 Å². The van der Waals surface area contributed by atoms with Crippen molar-refractivity contribution in [2.75, 3.05) is 0 Å². The standard InChI is InChI=1S/3C2H2O4.2Ni.2H2O/c3*3-1(4)2(5)6;;;;/h3*(H,3,4)(H,5,6);;;2*1H2/q;;;2*+3;;/p-6. The molecule has 132 valence electrons. The van der Waals surface area contributed by atoms with Gasteiger partial charge in [-0.1, -0.05) is 0 Å². The molecule has 0 heterocycles. The van der Waals surface area contributed by atoms with Gasteiger partial charge in [0.2, 0.25) is 0 Å². The van der Waals surface area contributed by atoms with Gasteiger partial charge in [0.15, 0.2) is 0 Å². The molecule has 16 heteroatoms. The van der Waals surface area contributed by atoms with Crippen LogP contribution in [0.3, 0.4) is 0 Å². The van der Waals surface area contributed by atoms with Crippen LogP contribution in [0.4, 0.5) is 0 Å². The molecule has 0 aliphatic carbocycles. The first-order chi connectivity index (χ1) is 7.93. The van der Waals surface area contributed by atoms with E-state index in [0.29, 0.717) is 0 Å². The summed E-state index contributed by atoms with van der Waals surface area (Å²) in [5, 5.41) is 53.6. The number of carbonyl (C=O) groups excluding carboxylic acids is 6. The van der Waals surface area contributed by atoms with Crippen LogP contribution >= 0.6 is 0 Å². The van der Waals surface area contributed by atoms with Gasteiger partial charge in [-0.3, -0.25) is 0 Å². The molecule has 14 nitrogen and oxygen atoms in total. The van der Waals surface area contributed by atoms with Gasteiger partial charge in [0.1, 0.15) is 0 Å². The van der Waals surface area contributed by atoms with Crippen molar-refractivity contribution in [1.82, 2.24) is 0 Å². The van der Waals surface area contributed by atoms with Crippen molar-refractivity contribution in [1.29, 1.82) is 0 Å². The predicted molar refractivity (Wildman–Crippen MR) is 37.3 cm³/mol. The molecule has 0 aliphatic rings. The molecule has 0 unspecified atom stereocenters. The van der Waals surface area contributed by atoms with Crippen LogP contribution in [-0.4, -0.2) is 46.8 Å². The normalized spacial score (nSPS) is 6.00. The van der Waals surface area contributed by atoms with Crippen LogP contribution in [-0.2, 0) is 61.8 Å². The van der Waals surface area contributed by atoms with E-state index in [2.05, 4.69) is 0 Å². The van der Waals surface area contributed by atoms with Gasteiger partial charge >= 0.3 is 33.0 Å². The van der Waals surface area contributed by atoms with Crippen molar-refractivity contribution >= 4 is 35.8 Å². The Morgan fingerprint density at radius 3 is 0.409 bits per heavy atom. The molecule has 0 aromatic carbocycles. The van der Waals surface area contributed by atoms with Crippen LogP contribution < -0.4 is 30.6 Å². The van der Waals surface area contributed by atoms with Gasteiger partial charge in [0.25, 0.3) is 0 Å². The maximum Gasteiger partial charge on any atom is 3.00 e. The summed E-state index contributed by atoms with van der Waals surface area (Å²) in [5.74, 6) is -13.1. The summed E-state index contributed by atoms with van der Waals surface area (Å²) < 4.78 is 0. The largest absolute Gasteiger partial charge is 3.00 e. The number of rotatable bonds is 0. The van der Waals surface area contributed by atoms with Gasteiger partial charge in [0.05, 0.1) is 35.8 Å². The molecule has 0 aliphatic heterocycles. The summed E-state index contributed by atoms with van der Waals surface area (Å²) in [7, 11) is 0. The minimum absolute atomic E-state index is 0. The number of aliphatic carboxylic acids is 6. The van der Waals surface area contributed by atoms with Crippen molar-refractivity contribution < 1.29 is 103 Å². The van der Waals surface area contributed by atoms with Crippen LogP contribution in [0.15, 0.2) is 0 Å². The zero-order valence-electron chi connectivity index (χ0n) is 9.53. The maximum atomic E-state index is 8.93. The SMILES string of the molecule is O.O.O=C([O-])C(=O)[O-].O=C([O-])C(=O)[O-].O=C([O-])C(=O)[O-].[Ni+3].[Ni+3]. The van der Waals surface area contributed by atoms with E-state index in [0.717, 1.165) is 0 Å². The smallest absolute Gasteiger partial charge is 0.543 e. The monoisotopic (exact) mass is 416 g/mol. The first-order valence-electron chi connectivity index (χ1n) is 3.20. The zero-order chi connectivity index (χ0) is 15.5. The first-order valence-corrected chi connectivity index (χ1v) is 3.20. The van der Waals surface area contributed by atoms with Gasteiger partial charge in [-0.05, 0) is 0 Å². The summed E-state index contributed by atoms with van der Waals surface area (Å²) in [4.78, 5) is 53.6. The molecule has 0 saturated heterocycles. The van der Waals surface area contributed by atoms with E-state index in [4.69, 9.17) is 59.4 Å². The van der Waals surface area contributed by atoms with Crippen molar-refractivity contribution in [3.63, 3.8) is 0 Å². The zero-order valence-corrected chi connectivity index (χ0v) is 11.5. The number of hydrogen-bond donors (Lipinski definition) is 0. The van der Waals surface area contributed by atoms with Crippen molar-refractivity contribution in [2.45, 2.75) is 0 Å². The fourth-order valence-electron chi connectivity index (χ4n) is 0. The van der Waals surface area contributed by atoms with Gasteiger partial charge in [-0.25, -0.2) is 0 Å². The Kier molecular flexibility index (Phi) is 46.2. The minimum atomic E-state index is -2.19. The fourth-order valence-corrected chi connectivity index (χ4v) is 0. The second kappa shape index (κ2) is 23.8. The quantitative estimate of drug-likeness (QED) is 0.262. The van der Waals surface area contributed by atoms with Crippen LogP contribution in [0, 0.1) is 0 Å². The Bertz CT molecular complexity index is 282. The molecule has 0 fully saturated rings. The Balaban J connectivity index is -0.0000000281. The van der Waals surface area contributed by atoms with Crippen LogP contribution in [0.25, 0.3) is 0 Å². The van der Waals surface area contributed by atoms with E-state index in [-0.39, 0.29) is 43.9 Å². The number of hydrogen-bond acceptors (Lipinski definition) is 12. The van der Waals surface area contributed by atoms with E-state index in [1.807, 2.05) is 0 Å². The Morgan fingerprint density at radius 1 is 0.364 bits per heavy atom. The van der Waals surface area contributed by atoms with Crippen LogP contribution in [0.1, 0.15) is 0 Å². The molecule has 22 heavy (non-hydrogen) atoms. The number of carboxylic acids is 6.